The molecule has 1 aliphatic rings. The Balaban J connectivity index is 2.16. The van der Waals surface area contributed by atoms with Gasteiger partial charge < -0.3 is 19.0 Å². The number of carboxylic acid groups (broad SMARTS) is 1. The second kappa shape index (κ2) is 5.63. The molecule has 2 aromatic rings. The fourth-order valence-corrected chi connectivity index (χ4v) is 2.44. The van der Waals surface area contributed by atoms with Crippen molar-refractivity contribution in [1.29, 1.82) is 0 Å². The van der Waals surface area contributed by atoms with Crippen LogP contribution in [0.1, 0.15) is 5.56 Å². The van der Waals surface area contributed by atoms with Crippen molar-refractivity contribution in [1.82, 2.24) is 0 Å². The van der Waals surface area contributed by atoms with Crippen LogP contribution in [0.15, 0.2) is 40.5 Å². The van der Waals surface area contributed by atoms with Gasteiger partial charge in [-0.2, -0.15) is 13.2 Å². The summed E-state index contributed by atoms with van der Waals surface area (Å²) in [7, 11) is 1.36. The van der Waals surface area contributed by atoms with Gasteiger partial charge in [0.15, 0.2) is 0 Å². The van der Waals surface area contributed by atoms with E-state index >= 15 is 0 Å². The number of alkyl halides is 3. The Labute approximate surface area is 133 Å². The Morgan fingerprint density at radius 2 is 2.08 bits per heavy atom. The monoisotopic (exact) mass is 340 g/mol. The van der Waals surface area contributed by atoms with E-state index in [2.05, 4.69) is 0 Å². The standard InChI is InChI=1S/C16H11F3O5/c1-22-13-7-12-8(5-9(13)11-3-2-4-23-11)6-10(15(20)21)14(24-12)16(17,18)19/h2-7,14H,1H3,(H,20,21). The van der Waals surface area contributed by atoms with Crippen LogP contribution in [0.4, 0.5) is 13.2 Å². The SMILES string of the molecule is COc1cc2c(cc1-c1ccco1)C=C(C(=O)O)C(C(F)(F)F)O2. The van der Waals surface area contributed by atoms with E-state index < -0.39 is 23.8 Å². The van der Waals surface area contributed by atoms with Crippen molar-refractivity contribution in [3.05, 3.63) is 41.7 Å². The molecule has 0 spiro atoms. The number of rotatable bonds is 3. The largest absolute Gasteiger partial charge is 0.496 e. The molecule has 5 nitrogen and oxygen atoms in total. The highest BCUT2D eigenvalue weighted by atomic mass is 19.4. The number of halogens is 3. The van der Waals surface area contributed by atoms with Crippen LogP contribution in [0, 0.1) is 0 Å². The van der Waals surface area contributed by atoms with Crippen molar-refractivity contribution >= 4 is 12.0 Å². The van der Waals surface area contributed by atoms with Gasteiger partial charge in [-0.05, 0) is 24.3 Å². The van der Waals surface area contributed by atoms with Crippen molar-refractivity contribution in [2.24, 2.45) is 0 Å². The average molecular weight is 340 g/mol. The summed E-state index contributed by atoms with van der Waals surface area (Å²) in [6.07, 6.45) is -5.01. The van der Waals surface area contributed by atoms with Gasteiger partial charge in [-0.25, -0.2) is 4.79 Å². The minimum atomic E-state index is -4.85. The second-order valence-electron chi connectivity index (χ2n) is 5.01. The number of hydrogen-bond donors (Lipinski definition) is 1. The number of ether oxygens (including phenoxy) is 2. The van der Waals surface area contributed by atoms with Crippen molar-refractivity contribution < 1.29 is 37.0 Å². The van der Waals surface area contributed by atoms with Gasteiger partial charge in [-0.3, -0.25) is 0 Å². The molecule has 0 aliphatic carbocycles. The Kier molecular flexibility index (Phi) is 3.75. The third-order valence-electron chi connectivity index (χ3n) is 3.50. The molecule has 1 unspecified atom stereocenters. The minimum absolute atomic E-state index is 0.116. The number of carboxylic acids is 1. The number of benzene rings is 1. The highest BCUT2D eigenvalue weighted by Gasteiger charge is 2.48. The molecule has 1 N–H and O–H groups in total. The molecule has 3 rings (SSSR count). The van der Waals surface area contributed by atoms with Crippen LogP contribution in [0.5, 0.6) is 11.5 Å². The molecule has 0 saturated carbocycles. The first kappa shape index (κ1) is 16.0. The molecule has 1 aliphatic heterocycles. The molecule has 2 heterocycles. The van der Waals surface area contributed by atoms with Gasteiger partial charge in [0.1, 0.15) is 17.3 Å². The number of methoxy groups -OCH3 is 1. The molecule has 0 radical (unpaired) electrons. The van der Waals surface area contributed by atoms with Gasteiger partial charge in [-0.15, -0.1) is 0 Å². The summed E-state index contributed by atoms with van der Waals surface area (Å²) in [4.78, 5) is 11.2. The zero-order valence-electron chi connectivity index (χ0n) is 12.3. The predicted molar refractivity (Wildman–Crippen MR) is 76.8 cm³/mol. The molecule has 0 bridgehead atoms. The third-order valence-corrected chi connectivity index (χ3v) is 3.50. The number of carbonyl (C=O) groups is 1. The Bertz CT molecular complexity index is 806. The molecule has 8 heteroatoms. The Morgan fingerprint density at radius 3 is 2.62 bits per heavy atom. The zero-order valence-corrected chi connectivity index (χ0v) is 12.3. The summed E-state index contributed by atoms with van der Waals surface area (Å²) in [6.45, 7) is 0. The third kappa shape index (κ3) is 2.70. The number of aliphatic carboxylic acids is 1. The molecule has 1 aromatic heterocycles. The van der Waals surface area contributed by atoms with Crippen LogP contribution < -0.4 is 9.47 Å². The minimum Gasteiger partial charge on any atom is -0.496 e. The molecule has 0 saturated heterocycles. The maximum Gasteiger partial charge on any atom is 0.430 e. The molecule has 0 amide bonds. The zero-order chi connectivity index (χ0) is 17.5. The molecule has 24 heavy (non-hydrogen) atoms. The number of fused-ring (bicyclic) bond motifs is 1. The normalized spacial score (nSPS) is 16.8. The fraction of sp³-hybridized carbons (Fsp3) is 0.188. The van der Waals surface area contributed by atoms with E-state index in [0.717, 1.165) is 6.08 Å². The van der Waals surface area contributed by atoms with Crippen LogP contribution in [-0.2, 0) is 4.79 Å². The maximum absolute atomic E-state index is 13.1. The van der Waals surface area contributed by atoms with E-state index in [1.807, 2.05) is 0 Å². The molecule has 1 atom stereocenters. The quantitative estimate of drug-likeness (QED) is 0.922. The van der Waals surface area contributed by atoms with Crippen LogP contribution in [-0.4, -0.2) is 30.5 Å². The molecular formula is C16H11F3O5. The van der Waals surface area contributed by atoms with Crippen LogP contribution in [0.2, 0.25) is 0 Å². The van der Waals surface area contributed by atoms with E-state index in [1.165, 1.54) is 25.5 Å². The highest BCUT2D eigenvalue weighted by molar-refractivity contribution is 5.95. The summed E-state index contributed by atoms with van der Waals surface area (Å²) in [5.74, 6) is -1.14. The maximum atomic E-state index is 13.1. The van der Waals surface area contributed by atoms with E-state index in [-0.39, 0.29) is 17.1 Å². The molecule has 126 valence electrons. The lowest BCUT2D eigenvalue weighted by Gasteiger charge is -2.27. The van der Waals surface area contributed by atoms with E-state index in [0.29, 0.717) is 11.3 Å². The first-order valence-electron chi connectivity index (χ1n) is 6.75. The molecular weight excluding hydrogens is 329 g/mol. The summed E-state index contributed by atoms with van der Waals surface area (Å²) >= 11 is 0. The van der Waals surface area contributed by atoms with Crippen molar-refractivity contribution in [2.75, 3.05) is 7.11 Å². The fourth-order valence-electron chi connectivity index (χ4n) is 2.44. The van der Waals surface area contributed by atoms with Gasteiger partial charge in [0.05, 0.1) is 24.5 Å². The molecule has 1 aromatic carbocycles. The number of hydrogen-bond acceptors (Lipinski definition) is 4. The predicted octanol–water partition coefficient (Wildman–Crippen LogP) is 3.75. The lowest BCUT2D eigenvalue weighted by molar-refractivity contribution is -0.187. The summed E-state index contributed by atoms with van der Waals surface area (Å²) < 4.78 is 54.5. The van der Waals surface area contributed by atoms with Crippen LogP contribution >= 0.6 is 0 Å². The number of furan rings is 1. The summed E-state index contributed by atoms with van der Waals surface area (Å²) in [5, 5.41) is 9.06. The van der Waals surface area contributed by atoms with Crippen LogP contribution in [0.3, 0.4) is 0 Å². The Hall–Kier alpha value is -2.90. The van der Waals surface area contributed by atoms with Crippen molar-refractivity contribution in [3.8, 4) is 22.8 Å². The smallest absolute Gasteiger partial charge is 0.430 e. The van der Waals surface area contributed by atoms with E-state index in [9.17, 15) is 18.0 Å². The lowest BCUT2D eigenvalue weighted by atomic mass is 9.98. The average Bonchev–Trinajstić information content (AvgIpc) is 3.05. The first-order chi connectivity index (χ1) is 11.3. The van der Waals surface area contributed by atoms with Gasteiger partial charge in [0.2, 0.25) is 6.10 Å². The second-order valence-corrected chi connectivity index (χ2v) is 5.01. The van der Waals surface area contributed by atoms with Crippen molar-refractivity contribution in [2.45, 2.75) is 12.3 Å². The van der Waals surface area contributed by atoms with Crippen molar-refractivity contribution in [3.63, 3.8) is 0 Å². The van der Waals surface area contributed by atoms with E-state index in [1.54, 1.807) is 12.1 Å². The lowest BCUT2D eigenvalue weighted by Crippen LogP contribution is -2.40. The Morgan fingerprint density at radius 1 is 1.33 bits per heavy atom. The van der Waals surface area contributed by atoms with Gasteiger partial charge in [0.25, 0.3) is 0 Å². The summed E-state index contributed by atoms with van der Waals surface area (Å²) in [6, 6.07) is 6.03. The van der Waals surface area contributed by atoms with Crippen LogP contribution in [0.25, 0.3) is 17.4 Å². The topological polar surface area (TPSA) is 68.9 Å². The first-order valence-corrected chi connectivity index (χ1v) is 6.75. The summed E-state index contributed by atoms with van der Waals surface area (Å²) in [5.41, 5.74) is -0.220. The highest BCUT2D eigenvalue weighted by Crippen LogP contribution is 2.42. The van der Waals surface area contributed by atoms with E-state index in [4.69, 9.17) is 19.0 Å². The van der Waals surface area contributed by atoms with Gasteiger partial charge in [-0.1, -0.05) is 0 Å². The van der Waals surface area contributed by atoms with Gasteiger partial charge in [0, 0.05) is 11.6 Å². The molecule has 0 fully saturated rings. The van der Waals surface area contributed by atoms with Gasteiger partial charge >= 0.3 is 12.1 Å².